The van der Waals surface area contributed by atoms with Gasteiger partial charge in [-0.3, -0.25) is 4.90 Å². The molecule has 25 heavy (non-hydrogen) atoms. The second-order valence-corrected chi connectivity index (χ2v) is 6.27. The lowest BCUT2D eigenvalue weighted by molar-refractivity contribution is -0.137. The third-order valence-electron chi connectivity index (χ3n) is 4.42. The van der Waals surface area contributed by atoms with Gasteiger partial charge >= 0.3 is 6.18 Å². The molecule has 0 aliphatic carbocycles. The zero-order valence-corrected chi connectivity index (χ0v) is 13.4. The number of hydrogen-bond donors (Lipinski definition) is 1. The number of aliphatic hydroxyl groups is 1. The van der Waals surface area contributed by atoms with Crippen LogP contribution >= 0.6 is 0 Å². The number of hydrogen-bond acceptors (Lipinski definition) is 3. The van der Waals surface area contributed by atoms with Crippen molar-refractivity contribution in [1.29, 1.82) is 5.26 Å². The van der Waals surface area contributed by atoms with Crippen LogP contribution < -0.4 is 0 Å². The van der Waals surface area contributed by atoms with E-state index in [1.807, 2.05) is 11.0 Å². The first-order chi connectivity index (χ1) is 11.9. The highest BCUT2D eigenvalue weighted by Gasteiger charge is 2.35. The van der Waals surface area contributed by atoms with Crippen LogP contribution in [0.1, 0.15) is 34.7 Å². The number of alkyl halides is 3. The largest absolute Gasteiger partial charge is 0.416 e. The lowest BCUT2D eigenvalue weighted by atomic mass is 10.0. The Bertz CT molecular complexity index is 798. The van der Waals surface area contributed by atoms with Crippen LogP contribution in [0.4, 0.5) is 13.2 Å². The van der Waals surface area contributed by atoms with Gasteiger partial charge in [-0.25, -0.2) is 0 Å². The SMILES string of the molecule is N#Cc1cccc(CN2CC(O)CC2c2cccc(C(F)(F)F)c2)c1. The number of nitriles is 1. The fraction of sp³-hybridized carbons (Fsp3) is 0.316. The monoisotopic (exact) mass is 346 g/mol. The van der Waals surface area contributed by atoms with Gasteiger partial charge in [-0.15, -0.1) is 0 Å². The Morgan fingerprint density at radius 3 is 2.64 bits per heavy atom. The predicted octanol–water partition coefficient (Wildman–Crippen LogP) is 3.88. The van der Waals surface area contributed by atoms with E-state index >= 15 is 0 Å². The Labute approximate surface area is 143 Å². The van der Waals surface area contributed by atoms with E-state index in [2.05, 4.69) is 6.07 Å². The molecule has 2 unspecified atom stereocenters. The van der Waals surface area contributed by atoms with Crippen LogP contribution in [0.25, 0.3) is 0 Å². The molecule has 0 bridgehead atoms. The number of aliphatic hydroxyl groups excluding tert-OH is 1. The predicted molar refractivity (Wildman–Crippen MR) is 86.4 cm³/mol. The van der Waals surface area contributed by atoms with E-state index < -0.39 is 17.8 Å². The molecule has 3 rings (SSSR count). The highest BCUT2D eigenvalue weighted by molar-refractivity contribution is 5.33. The Morgan fingerprint density at radius 2 is 1.92 bits per heavy atom. The first kappa shape index (κ1) is 17.5. The molecule has 1 N–H and O–H groups in total. The van der Waals surface area contributed by atoms with Gasteiger partial charge in [0.25, 0.3) is 0 Å². The van der Waals surface area contributed by atoms with E-state index in [1.54, 1.807) is 24.3 Å². The molecular weight excluding hydrogens is 329 g/mol. The van der Waals surface area contributed by atoms with Crippen molar-refractivity contribution in [2.75, 3.05) is 6.54 Å². The molecule has 1 aliphatic rings. The molecule has 2 aromatic rings. The average Bonchev–Trinajstić information content (AvgIpc) is 2.95. The van der Waals surface area contributed by atoms with Crippen molar-refractivity contribution in [2.24, 2.45) is 0 Å². The van der Waals surface area contributed by atoms with Crippen molar-refractivity contribution in [3.05, 3.63) is 70.8 Å². The lowest BCUT2D eigenvalue weighted by Crippen LogP contribution is -2.24. The van der Waals surface area contributed by atoms with Gasteiger partial charge in [0, 0.05) is 19.1 Å². The van der Waals surface area contributed by atoms with Crippen molar-refractivity contribution in [3.8, 4) is 6.07 Å². The minimum absolute atomic E-state index is 0.289. The zero-order chi connectivity index (χ0) is 18.0. The second-order valence-electron chi connectivity index (χ2n) is 6.27. The molecule has 1 saturated heterocycles. The number of likely N-dealkylation sites (tertiary alicyclic amines) is 1. The zero-order valence-electron chi connectivity index (χ0n) is 13.4. The average molecular weight is 346 g/mol. The Balaban J connectivity index is 1.86. The van der Waals surface area contributed by atoms with E-state index in [4.69, 9.17) is 5.26 Å². The van der Waals surface area contributed by atoms with Crippen LogP contribution in [0.5, 0.6) is 0 Å². The van der Waals surface area contributed by atoms with E-state index in [-0.39, 0.29) is 6.04 Å². The third-order valence-corrected chi connectivity index (χ3v) is 4.42. The fourth-order valence-electron chi connectivity index (χ4n) is 3.30. The molecule has 0 saturated carbocycles. The molecule has 2 aromatic carbocycles. The topological polar surface area (TPSA) is 47.3 Å². The van der Waals surface area contributed by atoms with Crippen molar-refractivity contribution >= 4 is 0 Å². The summed E-state index contributed by atoms with van der Waals surface area (Å²) in [6.07, 6.45) is -4.59. The Hall–Kier alpha value is -2.36. The van der Waals surface area contributed by atoms with Gasteiger partial charge in [-0.1, -0.05) is 24.3 Å². The molecule has 6 heteroatoms. The van der Waals surface area contributed by atoms with E-state index in [1.165, 1.54) is 6.07 Å². The molecule has 0 amide bonds. The molecule has 3 nitrogen and oxygen atoms in total. The van der Waals surface area contributed by atoms with Crippen LogP contribution in [-0.4, -0.2) is 22.7 Å². The van der Waals surface area contributed by atoms with E-state index in [0.717, 1.165) is 17.7 Å². The Kier molecular flexibility index (Phi) is 4.80. The van der Waals surface area contributed by atoms with Gasteiger partial charge in [0.05, 0.1) is 23.3 Å². The van der Waals surface area contributed by atoms with E-state index in [9.17, 15) is 18.3 Å². The first-order valence-electron chi connectivity index (χ1n) is 7.95. The van der Waals surface area contributed by atoms with Crippen LogP contribution in [0, 0.1) is 11.3 Å². The van der Waals surface area contributed by atoms with Crippen LogP contribution in [0.2, 0.25) is 0 Å². The van der Waals surface area contributed by atoms with Crippen LogP contribution in [0.3, 0.4) is 0 Å². The lowest BCUT2D eigenvalue weighted by Gasteiger charge is -2.25. The summed E-state index contributed by atoms with van der Waals surface area (Å²) >= 11 is 0. The molecule has 130 valence electrons. The first-order valence-corrected chi connectivity index (χ1v) is 7.95. The number of rotatable bonds is 3. The quantitative estimate of drug-likeness (QED) is 0.917. The van der Waals surface area contributed by atoms with Gasteiger partial charge in [0.2, 0.25) is 0 Å². The Morgan fingerprint density at radius 1 is 1.16 bits per heavy atom. The number of halogens is 3. The standard InChI is InChI=1S/C19H17F3N2O/c20-19(21,22)16-6-2-5-15(8-16)18-9-17(25)12-24(18)11-14-4-1-3-13(7-14)10-23/h1-8,17-18,25H,9,11-12H2. The summed E-state index contributed by atoms with van der Waals surface area (Å²) in [5.41, 5.74) is 1.29. The van der Waals surface area contributed by atoms with Crippen molar-refractivity contribution in [2.45, 2.75) is 31.3 Å². The molecule has 2 atom stereocenters. The maximum Gasteiger partial charge on any atom is 0.416 e. The van der Waals surface area contributed by atoms with Gasteiger partial charge in [0.15, 0.2) is 0 Å². The van der Waals surface area contributed by atoms with Gasteiger partial charge in [0.1, 0.15) is 0 Å². The molecular formula is C19H17F3N2O. The molecule has 1 aliphatic heterocycles. The van der Waals surface area contributed by atoms with E-state index in [0.29, 0.717) is 30.6 Å². The normalized spacial score (nSPS) is 21.2. The highest BCUT2D eigenvalue weighted by atomic mass is 19.4. The summed E-state index contributed by atoms with van der Waals surface area (Å²) in [6.45, 7) is 0.852. The van der Waals surface area contributed by atoms with Gasteiger partial charge in [-0.05, 0) is 41.8 Å². The fourth-order valence-corrected chi connectivity index (χ4v) is 3.30. The summed E-state index contributed by atoms with van der Waals surface area (Å²) in [4.78, 5) is 1.96. The minimum atomic E-state index is -4.39. The number of nitrogens with zero attached hydrogens (tertiary/aromatic N) is 2. The maximum atomic E-state index is 13.0. The minimum Gasteiger partial charge on any atom is -0.392 e. The molecule has 1 fully saturated rings. The molecule has 1 heterocycles. The summed E-state index contributed by atoms with van der Waals surface area (Å²) < 4.78 is 38.9. The summed E-state index contributed by atoms with van der Waals surface area (Å²) in [5.74, 6) is 0. The number of β-amino-alcohol motifs (C(OH)–C–C–N with tert-alkyl or cyclic N) is 1. The van der Waals surface area contributed by atoms with Crippen molar-refractivity contribution in [3.63, 3.8) is 0 Å². The summed E-state index contributed by atoms with van der Waals surface area (Å²) in [7, 11) is 0. The summed E-state index contributed by atoms with van der Waals surface area (Å²) in [5, 5.41) is 19.0. The molecule has 0 radical (unpaired) electrons. The van der Waals surface area contributed by atoms with Crippen molar-refractivity contribution in [1.82, 2.24) is 4.90 Å². The number of benzene rings is 2. The summed E-state index contributed by atoms with van der Waals surface area (Å²) in [6, 6.07) is 14.2. The maximum absolute atomic E-state index is 13.0. The molecule has 0 aromatic heterocycles. The van der Waals surface area contributed by atoms with Gasteiger partial charge < -0.3 is 5.11 Å². The molecule has 0 spiro atoms. The highest BCUT2D eigenvalue weighted by Crippen LogP contribution is 2.36. The third kappa shape index (κ3) is 4.01. The second kappa shape index (κ2) is 6.87. The van der Waals surface area contributed by atoms with Crippen molar-refractivity contribution < 1.29 is 18.3 Å². The van der Waals surface area contributed by atoms with Crippen LogP contribution in [0.15, 0.2) is 48.5 Å². The smallest absolute Gasteiger partial charge is 0.392 e. The van der Waals surface area contributed by atoms with Gasteiger partial charge in [-0.2, -0.15) is 18.4 Å². The van der Waals surface area contributed by atoms with Crippen LogP contribution in [-0.2, 0) is 12.7 Å².